The predicted octanol–water partition coefficient (Wildman–Crippen LogP) is 2.82. The second-order valence-electron chi connectivity index (χ2n) is 3.42. The van der Waals surface area contributed by atoms with E-state index >= 15 is 0 Å². The SMILES string of the molecule is CCCCc1cc([CH]O)cc([N+](=O)[O-])c1. The van der Waals surface area contributed by atoms with Crippen molar-refractivity contribution < 1.29 is 10.0 Å². The quantitative estimate of drug-likeness (QED) is 0.597. The Morgan fingerprint density at radius 3 is 2.73 bits per heavy atom. The van der Waals surface area contributed by atoms with E-state index < -0.39 is 4.92 Å². The minimum atomic E-state index is -0.442. The zero-order valence-electron chi connectivity index (χ0n) is 8.64. The molecule has 4 heteroatoms. The summed E-state index contributed by atoms with van der Waals surface area (Å²) >= 11 is 0. The fourth-order valence-corrected chi connectivity index (χ4v) is 1.40. The second kappa shape index (κ2) is 5.46. The fraction of sp³-hybridized carbons (Fsp3) is 0.364. The first-order valence-corrected chi connectivity index (χ1v) is 4.93. The molecule has 1 N–H and O–H groups in total. The van der Waals surface area contributed by atoms with Crippen LogP contribution < -0.4 is 0 Å². The van der Waals surface area contributed by atoms with Crippen molar-refractivity contribution in [3.63, 3.8) is 0 Å². The van der Waals surface area contributed by atoms with Crippen LogP contribution in [0.5, 0.6) is 0 Å². The van der Waals surface area contributed by atoms with Gasteiger partial charge in [-0.05, 0) is 24.0 Å². The number of aliphatic hydroxyl groups is 1. The summed E-state index contributed by atoms with van der Waals surface area (Å²) in [5.41, 5.74) is 1.41. The van der Waals surface area contributed by atoms with Crippen LogP contribution in [0, 0.1) is 16.7 Å². The molecule has 0 amide bonds. The predicted molar refractivity (Wildman–Crippen MR) is 57.0 cm³/mol. The number of nitrogens with zero attached hydrogens (tertiary/aromatic N) is 1. The van der Waals surface area contributed by atoms with Crippen molar-refractivity contribution in [2.45, 2.75) is 26.2 Å². The molecule has 0 aromatic heterocycles. The van der Waals surface area contributed by atoms with Crippen LogP contribution in [-0.4, -0.2) is 10.0 Å². The maximum Gasteiger partial charge on any atom is 0.270 e. The molecule has 0 atom stereocenters. The van der Waals surface area contributed by atoms with Crippen molar-refractivity contribution in [3.8, 4) is 0 Å². The Morgan fingerprint density at radius 2 is 2.20 bits per heavy atom. The lowest BCUT2D eigenvalue weighted by molar-refractivity contribution is -0.385. The minimum absolute atomic E-state index is 0.0314. The van der Waals surface area contributed by atoms with Crippen molar-refractivity contribution in [1.82, 2.24) is 0 Å². The first-order valence-electron chi connectivity index (χ1n) is 4.93. The van der Waals surface area contributed by atoms with Gasteiger partial charge in [0.2, 0.25) is 0 Å². The highest BCUT2D eigenvalue weighted by atomic mass is 16.6. The number of nitro groups is 1. The van der Waals surface area contributed by atoms with Crippen molar-refractivity contribution in [3.05, 3.63) is 46.0 Å². The van der Waals surface area contributed by atoms with E-state index in [9.17, 15) is 10.1 Å². The maximum atomic E-state index is 10.6. The Kier molecular flexibility index (Phi) is 4.24. The molecule has 81 valence electrons. The van der Waals surface area contributed by atoms with Crippen LogP contribution in [-0.2, 0) is 6.42 Å². The third-order valence-electron chi connectivity index (χ3n) is 2.18. The van der Waals surface area contributed by atoms with E-state index in [1.54, 1.807) is 12.1 Å². The highest BCUT2D eigenvalue weighted by molar-refractivity contribution is 5.41. The highest BCUT2D eigenvalue weighted by Crippen LogP contribution is 2.19. The van der Waals surface area contributed by atoms with Gasteiger partial charge in [0.05, 0.1) is 4.92 Å². The van der Waals surface area contributed by atoms with Crippen LogP contribution in [0.2, 0.25) is 0 Å². The number of rotatable bonds is 5. The Labute approximate surface area is 88.7 Å². The molecule has 4 nitrogen and oxygen atoms in total. The molecule has 15 heavy (non-hydrogen) atoms. The van der Waals surface area contributed by atoms with Gasteiger partial charge in [-0.2, -0.15) is 0 Å². The standard InChI is InChI=1S/C11H14NO3/c1-2-3-4-9-5-10(8-13)7-11(6-9)12(14)15/h5-8,13H,2-4H2,1H3. The molecule has 1 aromatic rings. The van der Waals surface area contributed by atoms with E-state index in [0.717, 1.165) is 31.4 Å². The molecule has 0 heterocycles. The number of unbranched alkanes of at least 4 members (excludes halogenated alkanes) is 1. The summed E-state index contributed by atoms with van der Waals surface area (Å²) in [6, 6.07) is 4.68. The summed E-state index contributed by atoms with van der Waals surface area (Å²) in [6.07, 6.45) is 2.84. The molecule has 0 unspecified atom stereocenters. The molecule has 0 saturated heterocycles. The monoisotopic (exact) mass is 208 g/mol. The molecule has 0 saturated carbocycles. The number of benzene rings is 1. The molecular weight excluding hydrogens is 194 g/mol. The third-order valence-corrected chi connectivity index (χ3v) is 2.18. The molecule has 0 spiro atoms. The van der Waals surface area contributed by atoms with Crippen LogP contribution in [0.4, 0.5) is 5.69 Å². The third kappa shape index (κ3) is 3.32. The topological polar surface area (TPSA) is 63.4 Å². The van der Waals surface area contributed by atoms with Gasteiger partial charge in [-0.1, -0.05) is 19.4 Å². The summed E-state index contributed by atoms with van der Waals surface area (Å²) in [4.78, 5) is 10.2. The van der Waals surface area contributed by atoms with Crippen LogP contribution in [0.25, 0.3) is 0 Å². The number of hydrogen-bond donors (Lipinski definition) is 1. The molecule has 0 aliphatic rings. The van der Waals surface area contributed by atoms with Gasteiger partial charge in [-0.15, -0.1) is 0 Å². The molecular formula is C11H14NO3. The van der Waals surface area contributed by atoms with Crippen molar-refractivity contribution in [2.24, 2.45) is 0 Å². The number of non-ortho nitro benzene ring substituents is 1. The van der Waals surface area contributed by atoms with Gasteiger partial charge in [-0.3, -0.25) is 10.1 Å². The second-order valence-corrected chi connectivity index (χ2v) is 3.42. The van der Waals surface area contributed by atoms with Crippen LogP contribution in [0.3, 0.4) is 0 Å². The lowest BCUT2D eigenvalue weighted by atomic mass is 10.0. The number of nitro benzene ring substituents is 1. The first kappa shape index (κ1) is 11.7. The summed E-state index contributed by atoms with van der Waals surface area (Å²) < 4.78 is 0. The Morgan fingerprint density at radius 1 is 1.47 bits per heavy atom. The van der Waals surface area contributed by atoms with Crippen LogP contribution in [0.1, 0.15) is 30.9 Å². The van der Waals surface area contributed by atoms with E-state index in [-0.39, 0.29) is 5.69 Å². The van der Waals surface area contributed by atoms with Gasteiger partial charge >= 0.3 is 0 Å². The Balaban J connectivity index is 2.95. The number of hydrogen-bond acceptors (Lipinski definition) is 3. The number of aliphatic hydroxyl groups excluding tert-OH is 1. The molecule has 0 bridgehead atoms. The van der Waals surface area contributed by atoms with Crippen LogP contribution in [0.15, 0.2) is 18.2 Å². The Bertz CT molecular complexity index is 350. The van der Waals surface area contributed by atoms with E-state index in [4.69, 9.17) is 5.11 Å². The molecule has 0 aliphatic carbocycles. The van der Waals surface area contributed by atoms with Crippen molar-refractivity contribution in [2.75, 3.05) is 0 Å². The average Bonchev–Trinajstić information content (AvgIpc) is 2.25. The Hall–Kier alpha value is -1.42. The largest absolute Gasteiger partial charge is 0.385 e. The van der Waals surface area contributed by atoms with E-state index in [1.165, 1.54) is 6.07 Å². The van der Waals surface area contributed by atoms with Gasteiger partial charge in [0.15, 0.2) is 0 Å². The molecule has 0 aliphatic heterocycles. The lowest BCUT2D eigenvalue weighted by Gasteiger charge is -2.02. The minimum Gasteiger partial charge on any atom is -0.385 e. The van der Waals surface area contributed by atoms with Gasteiger partial charge in [0, 0.05) is 12.1 Å². The average molecular weight is 208 g/mol. The van der Waals surface area contributed by atoms with E-state index in [2.05, 4.69) is 6.92 Å². The zero-order valence-corrected chi connectivity index (χ0v) is 8.64. The summed E-state index contributed by atoms with van der Waals surface area (Å²) in [5, 5.41) is 19.5. The van der Waals surface area contributed by atoms with E-state index in [0.29, 0.717) is 5.56 Å². The molecule has 1 rings (SSSR count). The normalized spacial score (nSPS) is 10.3. The molecule has 1 aromatic carbocycles. The lowest BCUT2D eigenvalue weighted by Crippen LogP contribution is -1.94. The highest BCUT2D eigenvalue weighted by Gasteiger charge is 2.09. The van der Waals surface area contributed by atoms with Gasteiger partial charge in [-0.25, -0.2) is 0 Å². The molecule has 1 radical (unpaired) electrons. The smallest absolute Gasteiger partial charge is 0.270 e. The summed E-state index contributed by atoms with van der Waals surface area (Å²) in [5.74, 6) is 0. The summed E-state index contributed by atoms with van der Waals surface area (Å²) in [7, 11) is 0. The van der Waals surface area contributed by atoms with Crippen molar-refractivity contribution in [1.29, 1.82) is 0 Å². The fourth-order valence-electron chi connectivity index (χ4n) is 1.40. The van der Waals surface area contributed by atoms with Crippen LogP contribution >= 0.6 is 0 Å². The van der Waals surface area contributed by atoms with Gasteiger partial charge < -0.3 is 5.11 Å². The van der Waals surface area contributed by atoms with Crippen molar-refractivity contribution >= 4 is 5.69 Å². The van der Waals surface area contributed by atoms with Gasteiger partial charge in [0.1, 0.15) is 6.61 Å². The first-order chi connectivity index (χ1) is 7.17. The van der Waals surface area contributed by atoms with Gasteiger partial charge in [0.25, 0.3) is 5.69 Å². The summed E-state index contributed by atoms with van der Waals surface area (Å²) in [6.45, 7) is 2.96. The molecule has 0 fully saturated rings. The van der Waals surface area contributed by atoms with E-state index in [1.807, 2.05) is 0 Å². The zero-order chi connectivity index (χ0) is 11.3. The number of aryl methyl sites for hydroxylation is 1. The maximum absolute atomic E-state index is 10.6.